The second kappa shape index (κ2) is 9.11. The molecule has 0 saturated carbocycles. The fourth-order valence-corrected chi connectivity index (χ4v) is 5.09. The summed E-state index contributed by atoms with van der Waals surface area (Å²) in [5.74, 6) is -0.567. The number of nitrogens with zero attached hydrogens (tertiary/aromatic N) is 1. The Morgan fingerprint density at radius 2 is 2.03 bits per heavy atom. The van der Waals surface area contributed by atoms with Crippen LogP contribution < -0.4 is 5.32 Å². The Morgan fingerprint density at radius 3 is 2.81 bits per heavy atom. The summed E-state index contributed by atoms with van der Waals surface area (Å²) in [4.78, 5) is 38.9. The molecule has 0 aliphatic carbocycles. The lowest BCUT2D eigenvalue weighted by Crippen LogP contribution is -2.19. The smallest absolute Gasteiger partial charge is 0.338 e. The van der Waals surface area contributed by atoms with Crippen LogP contribution in [0.15, 0.2) is 46.7 Å². The van der Waals surface area contributed by atoms with E-state index in [0.29, 0.717) is 22.6 Å². The fourth-order valence-electron chi connectivity index (χ4n) is 3.61. The van der Waals surface area contributed by atoms with Gasteiger partial charge in [-0.3, -0.25) is 9.59 Å². The molecule has 8 heteroatoms. The molecule has 0 spiro atoms. The first-order valence-corrected chi connectivity index (χ1v) is 11.7. The highest BCUT2D eigenvalue weighted by molar-refractivity contribution is 8.00. The number of hydrogen-bond donors (Lipinski definition) is 1. The number of thiophene rings is 1. The Morgan fingerprint density at radius 1 is 1.19 bits per heavy atom. The third-order valence-electron chi connectivity index (χ3n) is 5.22. The van der Waals surface area contributed by atoms with Crippen LogP contribution in [0, 0.1) is 13.8 Å². The molecule has 1 aliphatic heterocycles. The normalized spacial score (nSPS) is 12.9. The molecule has 0 atom stereocenters. The van der Waals surface area contributed by atoms with Gasteiger partial charge in [0.05, 0.1) is 17.0 Å². The third kappa shape index (κ3) is 4.75. The number of thioether (sulfide) groups is 1. The van der Waals surface area contributed by atoms with Gasteiger partial charge >= 0.3 is 5.97 Å². The summed E-state index contributed by atoms with van der Waals surface area (Å²) in [6.07, 6.45) is 0.907. The number of aryl methyl sites for hydroxylation is 2. The number of amides is 1. The average Bonchev–Trinajstić information content (AvgIpc) is 3.37. The van der Waals surface area contributed by atoms with Crippen LogP contribution in [0.5, 0.6) is 0 Å². The SMILES string of the molecule is Cc1cc(C(=O)COC(=O)c2ccc3c(c2)NC(=O)CS3)c(C)n1CCc1cccs1. The number of carbonyl (C=O) groups is 3. The summed E-state index contributed by atoms with van der Waals surface area (Å²) in [6.45, 7) is 4.36. The summed E-state index contributed by atoms with van der Waals surface area (Å²) in [7, 11) is 0. The van der Waals surface area contributed by atoms with E-state index in [2.05, 4.69) is 21.3 Å². The van der Waals surface area contributed by atoms with Crippen LogP contribution in [0.4, 0.5) is 5.69 Å². The lowest BCUT2D eigenvalue weighted by molar-refractivity contribution is -0.113. The number of aromatic nitrogens is 1. The number of hydrogen-bond acceptors (Lipinski definition) is 6. The van der Waals surface area contributed by atoms with Crippen LogP contribution >= 0.6 is 23.1 Å². The van der Waals surface area contributed by atoms with Crippen molar-refractivity contribution in [1.82, 2.24) is 4.57 Å². The summed E-state index contributed by atoms with van der Waals surface area (Å²) in [5.41, 5.74) is 3.35. The predicted octanol–water partition coefficient (Wildman–Crippen LogP) is 4.49. The minimum atomic E-state index is -0.590. The second-order valence-corrected chi connectivity index (χ2v) is 9.36. The van der Waals surface area contributed by atoms with E-state index < -0.39 is 5.97 Å². The monoisotopic (exact) mass is 454 g/mol. The molecule has 0 unspecified atom stereocenters. The molecule has 1 amide bonds. The zero-order valence-electron chi connectivity index (χ0n) is 17.3. The Labute approximate surface area is 188 Å². The molecule has 3 heterocycles. The lowest BCUT2D eigenvalue weighted by Gasteiger charge is -2.16. The maximum absolute atomic E-state index is 12.7. The van der Waals surface area contributed by atoms with E-state index in [4.69, 9.17) is 4.74 Å². The number of Topliss-reactive ketones (excluding diaryl/α,β-unsaturated/α-hetero) is 1. The molecule has 0 saturated heterocycles. The maximum atomic E-state index is 12.7. The van der Waals surface area contributed by atoms with Gasteiger partial charge in [-0.05, 0) is 56.0 Å². The van der Waals surface area contributed by atoms with Gasteiger partial charge in [0.15, 0.2) is 6.61 Å². The number of carbonyl (C=O) groups excluding carboxylic acids is 3. The largest absolute Gasteiger partial charge is 0.454 e. The second-order valence-electron chi connectivity index (χ2n) is 7.31. The van der Waals surface area contributed by atoms with Gasteiger partial charge in [0.1, 0.15) is 0 Å². The molecular formula is C23H22N2O4S2. The van der Waals surface area contributed by atoms with Crippen molar-refractivity contribution in [2.24, 2.45) is 0 Å². The molecular weight excluding hydrogens is 432 g/mol. The van der Waals surface area contributed by atoms with Crippen molar-refractivity contribution in [2.75, 3.05) is 17.7 Å². The number of esters is 1. The Bertz CT molecular complexity index is 1150. The van der Waals surface area contributed by atoms with Crippen LogP contribution in [0.25, 0.3) is 0 Å². The zero-order chi connectivity index (χ0) is 22.0. The van der Waals surface area contributed by atoms with Crippen molar-refractivity contribution in [2.45, 2.75) is 31.7 Å². The molecule has 1 aromatic carbocycles. The topological polar surface area (TPSA) is 77.4 Å². The average molecular weight is 455 g/mol. The van der Waals surface area contributed by atoms with Crippen molar-refractivity contribution in [3.05, 3.63) is 69.2 Å². The van der Waals surface area contributed by atoms with E-state index >= 15 is 0 Å². The van der Waals surface area contributed by atoms with E-state index in [1.165, 1.54) is 16.6 Å². The molecule has 1 N–H and O–H groups in total. The molecule has 6 nitrogen and oxygen atoms in total. The summed E-state index contributed by atoms with van der Waals surface area (Å²) < 4.78 is 7.39. The molecule has 0 bridgehead atoms. The molecule has 0 radical (unpaired) electrons. The first-order chi connectivity index (χ1) is 14.9. The highest BCUT2D eigenvalue weighted by Gasteiger charge is 2.20. The van der Waals surface area contributed by atoms with Crippen molar-refractivity contribution in [3.63, 3.8) is 0 Å². The standard InChI is InChI=1S/C23H22N2O4S2/c1-14-10-18(15(2)25(14)8-7-17-4-3-9-30-17)20(26)12-29-23(28)16-5-6-21-19(11-16)24-22(27)13-31-21/h3-6,9-11H,7-8,12-13H2,1-2H3,(H,24,27). The van der Waals surface area contributed by atoms with Gasteiger partial charge in [-0.15, -0.1) is 23.1 Å². The van der Waals surface area contributed by atoms with Crippen LogP contribution in [-0.2, 0) is 22.5 Å². The highest BCUT2D eigenvalue weighted by atomic mass is 32.2. The molecule has 2 aromatic heterocycles. The van der Waals surface area contributed by atoms with Crippen LogP contribution in [0.1, 0.15) is 37.0 Å². The molecule has 1 aliphatic rings. The first kappa shape index (κ1) is 21.4. The molecule has 0 fully saturated rings. The highest BCUT2D eigenvalue weighted by Crippen LogP contribution is 2.32. The molecule has 160 valence electrons. The number of ether oxygens (including phenoxy) is 1. The molecule has 4 rings (SSSR count). The Balaban J connectivity index is 1.39. The quantitative estimate of drug-likeness (QED) is 0.420. The summed E-state index contributed by atoms with van der Waals surface area (Å²) in [6, 6.07) is 11.0. The van der Waals surface area contributed by atoms with Crippen molar-refractivity contribution in [3.8, 4) is 0 Å². The number of nitrogens with one attached hydrogen (secondary N) is 1. The van der Waals surface area contributed by atoms with Crippen molar-refractivity contribution < 1.29 is 19.1 Å². The first-order valence-electron chi connectivity index (χ1n) is 9.88. The number of ketones is 1. The van der Waals surface area contributed by atoms with Gasteiger partial charge in [0.2, 0.25) is 11.7 Å². The van der Waals surface area contributed by atoms with Gasteiger partial charge in [0.25, 0.3) is 0 Å². The van der Waals surface area contributed by atoms with Gasteiger partial charge < -0.3 is 14.6 Å². The van der Waals surface area contributed by atoms with E-state index in [-0.39, 0.29) is 18.3 Å². The van der Waals surface area contributed by atoms with Crippen molar-refractivity contribution in [1.29, 1.82) is 0 Å². The number of benzene rings is 1. The van der Waals surface area contributed by atoms with Crippen LogP contribution in [0.3, 0.4) is 0 Å². The van der Waals surface area contributed by atoms with E-state index in [0.717, 1.165) is 29.2 Å². The van der Waals surface area contributed by atoms with Gasteiger partial charge in [-0.1, -0.05) is 6.07 Å². The Hall–Kier alpha value is -2.84. The van der Waals surface area contributed by atoms with E-state index in [1.54, 1.807) is 29.5 Å². The molecule has 3 aromatic rings. The predicted molar refractivity (Wildman–Crippen MR) is 122 cm³/mol. The van der Waals surface area contributed by atoms with Gasteiger partial charge in [-0.25, -0.2) is 4.79 Å². The van der Waals surface area contributed by atoms with E-state index in [9.17, 15) is 14.4 Å². The minimum Gasteiger partial charge on any atom is -0.454 e. The van der Waals surface area contributed by atoms with Crippen LogP contribution in [-0.4, -0.2) is 34.6 Å². The van der Waals surface area contributed by atoms with Crippen LogP contribution in [0.2, 0.25) is 0 Å². The van der Waals surface area contributed by atoms with Crippen molar-refractivity contribution >= 4 is 46.4 Å². The van der Waals surface area contributed by atoms with Gasteiger partial charge in [-0.2, -0.15) is 0 Å². The Kier molecular flexibility index (Phi) is 6.29. The van der Waals surface area contributed by atoms with E-state index in [1.807, 2.05) is 26.0 Å². The third-order valence-corrected chi connectivity index (χ3v) is 7.23. The summed E-state index contributed by atoms with van der Waals surface area (Å²) in [5, 5.41) is 4.81. The fraction of sp³-hybridized carbons (Fsp3) is 0.261. The number of anilines is 1. The zero-order valence-corrected chi connectivity index (χ0v) is 18.9. The number of fused-ring (bicyclic) bond motifs is 1. The molecule has 31 heavy (non-hydrogen) atoms. The minimum absolute atomic E-state index is 0.104. The lowest BCUT2D eigenvalue weighted by atomic mass is 10.1. The van der Waals surface area contributed by atoms with Gasteiger partial charge in [0, 0.05) is 33.3 Å². The maximum Gasteiger partial charge on any atom is 0.338 e. The summed E-state index contributed by atoms with van der Waals surface area (Å²) >= 11 is 3.14. The number of rotatable bonds is 7.